The summed E-state index contributed by atoms with van der Waals surface area (Å²) >= 11 is 1.54. The van der Waals surface area contributed by atoms with Crippen molar-refractivity contribution in [2.45, 2.75) is 59.2 Å². The predicted octanol–water partition coefficient (Wildman–Crippen LogP) is 5.69. The molecule has 2 aromatic carbocycles. The van der Waals surface area contributed by atoms with Gasteiger partial charge in [0.05, 0.1) is 6.54 Å². The number of thiazole rings is 1. The minimum atomic E-state index is -0.0835. The van der Waals surface area contributed by atoms with Crippen LogP contribution in [0, 0.1) is 6.92 Å². The molecule has 0 spiro atoms. The van der Waals surface area contributed by atoms with Crippen LogP contribution >= 0.6 is 11.3 Å². The van der Waals surface area contributed by atoms with Crippen LogP contribution in [0.2, 0.25) is 0 Å². The zero-order valence-corrected chi connectivity index (χ0v) is 20.8. The molecule has 34 heavy (non-hydrogen) atoms. The normalized spacial score (nSPS) is 12.3. The van der Waals surface area contributed by atoms with Gasteiger partial charge in [0, 0.05) is 25.0 Å². The Labute approximate surface area is 205 Å². The lowest BCUT2D eigenvalue weighted by molar-refractivity contribution is 0.0948. The van der Waals surface area contributed by atoms with Crippen molar-refractivity contribution < 1.29 is 14.3 Å². The number of nitrogens with zero attached hydrogens (tertiary/aromatic N) is 2. The first kappa shape index (κ1) is 24.2. The first-order valence-electron chi connectivity index (χ1n) is 12.0. The van der Waals surface area contributed by atoms with Crippen LogP contribution in [0.15, 0.2) is 47.8 Å². The van der Waals surface area contributed by atoms with E-state index in [0.29, 0.717) is 18.8 Å². The van der Waals surface area contributed by atoms with E-state index < -0.39 is 0 Å². The maximum absolute atomic E-state index is 12.5. The topological polar surface area (TPSA) is 63.7 Å². The van der Waals surface area contributed by atoms with Gasteiger partial charge in [0.25, 0.3) is 5.91 Å². The molecule has 3 aromatic rings. The van der Waals surface area contributed by atoms with E-state index in [1.54, 1.807) is 0 Å². The molecule has 0 saturated heterocycles. The fraction of sp³-hybridized carbons (Fsp3) is 0.407. The molecule has 7 heteroatoms. The number of nitrogens with one attached hydrogen (secondary N) is 1. The van der Waals surface area contributed by atoms with E-state index in [1.807, 2.05) is 17.5 Å². The predicted molar refractivity (Wildman–Crippen MR) is 135 cm³/mol. The summed E-state index contributed by atoms with van der Waals surface area (Å²) in [5.41, 5.74) is 4.15. The standard InChI is InChI=1S/C27H33N3O3S/c1-3-4-5-6-13-28-27(31)23-18-34-26(29-23)17-30(15-21-9-7-20(2)8-10-21)16-22-11-12-24-25(14-22)33-19-32-24/h7-12,14,18H,3-6,13,15-17,19H2,1-2H3,(H,28,31). The van der Waals surface area contributed by atoms with E-state index in [2.05, 4.69) is 59.4 Å². The van der Waals surface area contributed by atoms with Gasteiger partial charge >= 0.3 is 0 Å². The fourth-order valence-corrected chi connectivity index (χ4v) is 4.76. The second-order valence-corrected chi connectivity index (χ2v) is 9.70. The van der Waals surface area contributed by atoms with E-state index in [9.17, 15) is 4.79 Å². The minimum absolute atomic E-state index is 0.0835. The molecule has 1 aliphatic heterocycles. The van der Waals surface area contributed by atoms with Crippen LogP contribution < -0.4 is 14.8 Å². The van der Waals surface area contributed by atoms with Crippen LogP contribution in [0.5, 0.6) is 11.5 Å². The summed E-state index contributed by atoms with van der Waals surface area (Å²) in [6.07, 6.45) is 4.55. The Balaban J connectivity index is 1.42. The van der Waals surface area contributed by atoms with Crippen molar-refractivity contribution in [3.8, 4) is 11.5 Å². The Morgan fingerprint density at radius 3 is 2.59 bits per heavy atom. The summed E-state index contributed by atoms with van der Waals surface area (Å²) in [5, 5.41) is 5.80. The van der Waals surface area contributed by atoms with Gasteiger partial charge in [-0.25, -0.2) is 4.98 Å². The molecule has 0 atom stereocenters. The van der Waals surface area contributed by atoms with E-state index >= 15 is 0 Å². The van der Waals surface area contributed by atoms with Gasteiger partial charge in [0.2, 0.25) is 6.79 Å². The lowest BCUT2D eigenvalue weighted by Crippen LogP contribution is -2.25. The SMILES string of the molecule is CCCCCCNC(=O)c1csc(CN(Cc2ccc(C)cc2)Cc2ccc3c(c2)OCO3)n1. The summed E-state index contributed by atoms with van der Waals surface area (Å²) in [4.78, 5) is 19.5. The second-order valence-electron chi connectivity index (χ2n) is 8.76. The Morgan fingerprint density at radius 2 is 1.76 bits per heavy atom. The van der Waals surface area contributed by atoms with Gasteiger partial charge in [-0.1, -0.05) is 62.1 Å². The Bertz CT molecular complexity index is 1080. The summed E-state index contributed by atoms with van der Waals surface area (Å²) in [6.45, 7) is 7.45. The maximum atomic E-state index is 12.5. The van der Waals surface area contributed by atoms with Crippen LogP contribution in [-0.4, -0.2) is 29.1 Å². The first-order valence-corrected chi connectivity index (χ1v) is 12.9. The summed E-state index contributed by atoms with van der Waals surface area (Å²) in [7, 11) is 0. The summed E-state index contributed by atoms with van der Waals surface area (Å²) in [6, 6.07) is 14.7. The summed E-state index contributed by atoms with van der Waals surface area (Å²) < 4.78 is 11.0. The van der Waals surface area contributed by atoms with Gasteiger partial charge in [-0.05, 0) is 36.6 Å². The van der Waals surface area contributed by atoms with Crippen LogP contribution in [0.3, 0.4) is 0 Å². The highest BCUT2D eigenvalue weighted by atomic mass is 32.1. The third-order valence-corrected chi connectivity index (χ3v) is 6.66. The number of benzene rings is 2. The van der Waals surface area contributed by atoms with E-state index in [-0.39, 0.29) is 12.7 Å². The number of aryl methyl sites for hydroxylation is 1. The molecule has 0 fully saturated rings. The number of carbonyl (C=O) groups is 1. The number of carbonyl (C=O) groups excluding carboxylic acids is 1. The van der Waals surface area contributed by atoms with Crippen LogP contribution in [0.4, 0.5) is 0 Å². The van der Waals surface area contributed by atoms with Gasteiger partial charge in [0.15, 0.2) is 11.5 Å². The molecule has 0 saturated carbocycles. The molecule has 0 bridgehead atoms. The van der Waals surface area contributed by atoms with Crippen molar-refractivity contribution in [1.82, 2.24) is 15.2 Å². The molecule has 0 radical (unpaired) electrons. The number of unbranched alkanes of at least 4 members (excludes halogenated alkanes) is 3. The zero-order valence-electron chi connectivity index (χ0n) is 20.0. The van der Waals surface area contributed by atoms with E-state index in [4.69, 9.17) is 9.47 Å². The third kappa shape index (κ3) is 6.81. The fourth-order valence-electron chi connectivity index (χ4n) is 3.94. The smallest absolute Gasteiger partial charge is 0.270 e. The molecule has 1 N–H and O–H groups in total. The van der Waals surface area contributed by atoms with Crippen molar-refractivity contribution in [2.24, 2.45) is 0 Å². The number of rotatable bonds is 12. The molecular formula is C27H33N3O3S. The average molecular weight is 480 g/mol. The number of amides is 1. The monoisotopic (exact) mass is 479 g/mol. The molecular weight excluding hydrogens is 446 g/mol. The van der Waals surface area contributed by atoms with Gasteiger partial charge < -0.3 is 14.8 Å². The van der Waals surface area contributed by atoms with Crippen LogP contribution in [-0.2, 0) is 19.6 Å². The Morgan fingerprint density at radius 1 is 1.00 bits per heavy atom. The van der Waals surface area contributed by atoms with Crippen molar-refractivity contribution in [1.29, 1.82) is 0 Å². The zero-order chi connectivity index (χ0) is 23.8. The Kier molecular flexibility index (Phi) is 8.55. The highest BCUT2D eigenvalue weighted by Crippen LogP contribution is 2.33. The number of hydrogen-bond acceptors (Lipinski definition) is 6. The molecule has 6 nitrogen and oxygen atoms in total. The molecule has 0 unspecified atom stereocenters. The number of ether oxygens (including phenoxy) is 2. The quantitative estimate of drug-likeness (QED) is 0.338. The van der Waals surface area contributed by atoms with Gasteiger partial charge in [-0.3, -0.25) is 9.69 Å². The number of fused-ring (bicyclic) bond motifs is 1. The van der Waals surface area contributed by atoms with Crippen molar-refractivity contribution in [3.63, 3.8) is 0 Å². The highest BCUT2D eigenvalue weighted by molar-refractivity contribution is 7.09. The van der Waals surface area contributed by atoms with Crippen LogP contribution in [0.25, 0.3) is 0 Å². The van der Waals surface area contributed by atoms with Crippen molar-refractivity contribution in [3.05, 3.63) is 75.2 Å². The largest absolute Gasteiger partial charge is 0.454 e. The number of hydrogen-bond donors (Lipinski definition) is 1. The molecule has 4 rings (SSSR count). The average Bonchev–Trinajstić information content (AvgIpc) is 3.49. The summed E-state index contributed by atoms with van der Waals surface area (Å²) in [5.74, 6) is 1.50. The first-order chi connectivity index (χ1) is 16.6. The lowest BCUT2D eigenvalue weighted by atomic mass is 10.1. The highest BCUT2D eigenvalue weighted by Gasteiger charge is 2.17. The molecule has 0 aliphatic carbocycles. The van der Waals surface area contributed by atoms with E-state index in [0.717, 1.165) is 48.0 Å². The van der Waals surface area contributed by atoms with Crippen molar-refractivity contribution in [2.75, 3.05) is 13.3 Å². The molecule has 1 aliphatic rings. The molecule has 1 amide bonds. The van der Waals surface area contributed by atoms with Crippen LogP contribution in [0.1, 0.15) is 64.8 Å². The molecule has 1 aromatic heterocycles. The van der Waals surface area contributed by atoms with Gasteiger partial charge in [-0.2, -0.15) is 0 Å². The van der Waals surface area contributed by atoms with E-state index in [1.165, 1.54) is 35.3 Å². The maximum Gasteiger partial charge on any atom is 0.270 e. The Hall–Kier alpha value is -2.90. The molecule has 2 heterocycles. The van der Waals surface area contributed by atoms with Gasteiger partial charge in [-0.15, -0.1) is 11.3 Å². The third-order valence-electron chi connectivity index (χ3n) is 5.83. The molecule has 180 valence electrons. The van der Waals surface area contributed by atoms with Gasteiger partial charge in [0.1, 0.15) is 10.7 Å². The minimum Gasteiger partial charge on any atom is -0.454 e. The lowest BCUT2D eigenvalue weighted by Gasteiger charge is -2.22. The van der Waals surface area contributed by atoms with Crippen molar-refractivity contribution >= 4 is 17.2 Å². The second kappa shape index (κ2) is 12.0. The number of aromatic nitrogens is 1.